The Morgan fingerprint density at radius 3 is 2.50 bits per heavy atom. The second-order valence-corrected chi connectivity index (χ2v) is 11.7. The van der Waals surface area contributed by atoms with Gasteiger partial charge in [0, 0.05) is 58.0 Å². The summed E-state index contributed by atoms with van der Waals surface area (Å²) in [5.74, 6) is -0.0453. The molecule has 0 radical (unpaired) electrons. The van der Waals surface area contributed by atoms with Crippen LogP contribution in [0, 0.1) is 11.3 Å². The highest BCUT2D eigenvalue weighted by molar-refractivity contribution is 9.10. The molecule has 2 atom stereocenters. The van der Waals surface area contributed by atoms with Gasteiger partial charge in [-0.15, -0.1) is 0 Å². The fraction of sp³-hybridized carbons (Fsp3) is 0.481. The van der Waals surface area contributed by atoms with E-state index in [1.165, 1.54) is 9.80 Å². The number of halogens is 1. The number of phenolic OH excluding ortho intramolecular Hbond substituents is 1. The SMILES string of the molecule is CCOc1cc(CC2(CN3CC4CC(C3)c3cccc(=O)n3C4)C(=O)N(C)C(=S)N(C)C2=O)cc(Br)c1O. The summed E-state index contributed by atoms with van der Waals surface area (Å²) < 4.78 is 7.90. The number of likely N-dealkylation sites (tertiary alicyclic amines) is 1. The van der Waals surface area contributed by atoms with Crippen molar-refractivity contribution in [3.63, 3.8) is 0 Å². The molecule has 3 aliphatic rings. The van der Waals surface area contributed by atoms with Crippen LogP contribution in [0.15, 0.2) is 39.6 Å². The topological polar surface area (TPSA) is 95.3 Å². The van der Waals surface area contributed by atoms with Crippen molar-refractivity contribution in [3.8, 4) is 11.5 Å². The smallest absolute Gasteiger partial charge is 0.250 e. The highest BCUT2D eigenvalue weighted by Gasteiger charge is 2.55. The molecule has 0 spiro atoms. The summed E-state index contributed by atoms with van der Waals surface area (Å²) in [6, 6.07) is 8.80. The number of piperidine rings is 1. The van der Waals surface area contributed by atoms with Crippen molar-refractivity contribution < 1.29 is 19.4 Å². The molecule has 2 aromatic rings. The molecule has 2 bridgehead atoms. The number of pyridine rings is 1. The lowest BCUT2D eigenvalue weighted by molar-refractivity contribution is -0.157. The van der Waals surface area contributed by atoms with Gasteiger partial charge in [-0.2, -0.15) is 0 Å². The maximum atomic E-state index is 14.0. The molecule has 3 aliphatic heterocycles. The van der Waals surface area contributed by atoms with Crippen molar-refractivity contribution in [1.82, 2.24) is 19.3 Å². The molecule has 9 nitrogen and oxygen atoms in total. The van der Waals surface area contributed by atoms with Gasteiger partial charge in [0.15, 0.2) is 16.6 Å². The Hall–Kier alpha value is -2.76. The molecule has 4 heterocycles. The monoisotopic (exact) mass is 602 g/mol. The summed E-state index contributed by atoms with van der Waals surface area (Å²) in [7, 11) is 3.21. The predicted molar refractivity (Wildman–Crippen MR) is 149 cm³/mol. The number of aromatic nitrogens is 1. The van der Waals surface area contributed by atoms with Crippen LogP contribution in [0.4, 0.5) is 0 Å². The van der Waals surface area contributed by atoms with Crippen LogP contribution in [0.2, 0.25) is 0 Å². The zero-order chi connectivity index (χ0) is 27.4. The zero-order valence-electron chi connectivity index (χ0n) is 21.6. The first-order valence-corrected chi connectivity index (χ1v) is 13.9. The lowest BCUT2D eigenvalue weighted by Gasteiger charge is -2.48. The van der Waals surface area contributed by atoms with E-state index in [4.69, 9.17) is 17.0 Å². The number of fused-ring (bicyclic) bond motifs is 4. The van der Waals surface area contributed by atoms with E-state index in [1.807, 2.05) is 17.6 Å². The van der Waals surface area contributed by atoms with Gasteiger partial charge >= 0.3 is 0 Å². The van der Waals surface area contributed by atoms with Gasteiger partial charge in [0.05, 0.1) is 11.1 Å². The van der Waals surface area contributed by atoms with Gasteiger partial charge in [-0.05, 0) is 77.6 Å². The number of amides is 2. The molecule has 1 aromatic heterocycles. The number of carbonyl (C=O) groups is 2. The molecule has 1 aromatic carbocycles. The minimum atomic E-state index is -1.42. The van der Waals surface area contributed by atoms with Crippen LogP contribution in [0.1, 0.15) is 30.5 Å². The number of hydrogen-bond acceptors (Lipinski definition) is 7. The molecule has 2 saturated heterocycles. The van der Waals surface area contributed by atoms with Gasteiger partial charge in [0.1, 0.15) is 5.41 Å². The van der Waals surface area contributed by atoms with Crippen molar-refractivity contribution in [2.45, 2.75) is 32.2 Å². The molecule has 0 aliphatic carbocycles. The van der Waals surface area contributed by atoms with Crippen molar-refractivity contribution in [2.75, 3.05) is 40.3 Å². The van der Waals surface area contributed by atoms with E-state index in [-0.39, 0.29) is 58.8 Å². The van der Waals surface area contributed by atoms with Crippen molar-refractivity contribution in [1.29, 1.82) is 0 Å². The Kier molecular flexibility index (Phi) is 7.12. The number of benzene rings is 1. The van der Waals surface area contributed by atoms with Crippen LogP contribution in [0.3, 0.4) is 0 Å². The van der Waals surface area contributed by atoms with Crippen LogP contribution in [0.5, 0.6) is 11.5 Å². The summed E-state index contributed by atoms with van der Waals surface area (Å²) in [6.45, 7) is 4.34. The molecule has 2 amide bonds. The van der Waals surface area contributed by atoms with E-state index < -0.39 is 5.41 Å². The number of rotatable bonds is 6. The maximum Gasteiger partial charge on any atom is 0.250 e. The molecule has 2 unspecified atom stereocenters. The normalized spacial score (nSPS) is 23.0. The van der Waals surface area contributed by atoms with E-state index in [9.17, 15) is 19.5 Å². The van der Waals surface area contributed by atoms with Crippen LogP contribution in [-0.4, -0.2) is 81.6 Å². The van der Waals surface area contributed by atoms with Crippen molar-refractivity contribution in [3.05, 3.63) is 56.4 Å². The average molecular weight is 604 g/mol. The third-order valence-electron chi connectivity index (χ3n) is 7.94. The van der Waals surface area contributed by atoms with Crippen LogP contribution < -0.4 is 10.3 Å². The van der Waals surface area contributed by atoms with E-state index >= 15 is 0 Å². The van der Waals surface area contributed by atoms with Gasteiger partial charge in [-0.3, -0.25) is 24.2 Å². The second kappa shape index (κ2) is 10.1. The molecule has 1 N–H and O–H groups in total. The number of hydrogen-bond donors (Lipinski definition) is 1. The standard InChI is InChI=1S/C27H31BrN4O5S/c1-4-37-21-10-16(9-19(28)23(21)34)11-27(24(35)29(2)26(38)30(3)25(27)36)15-31-12-17-8-18(14-31)20-6-5-7-22(33)32(20)13-17/h5-7,9-10,17-18,34H,4,8,11-15H2,1-3H3. The Morgan fingerprint density at radius 1 is 1.11 bits per heavy atom. The number of aromatic hydroxyl groups is 1. The molecule has 38 heavy (non-hydrogen) atoms. The van der Waals surface area contributed by atoms with Gasteiger partial charge in [0.2, 0.25) is 11.8 Å². The minimum absolute atomic E-state index is 0.0135. The maximum absolute atomic E-state index is 14.0. The Morgan fingerprint density at radius 2 is 1.82 bits per heavy atom. The first-order chi connectivity index (χ1) is 18.1. The highest BCUT2D eigenvalue weighted by atomic mass is 79.9. The lowest BCUT2D eigenvalue weighted by Crippen LogP contribution is -2.67. The van der Waals surface area contributed by atoms with Gasteiger partial charge in [0.25, 0.3) is 5.56 Å². The molecular weight excluding hydrogens is 572 g/mol. The summed E-state index contributed by atoms with van der Waals surface area (Å²) in [4.78, 5) is 45.4. The second-order valence-electron chi connectivity index (χ2n) is 10.5. The third-order valence-corrected chi connectivity index (χ3v) is 9.10. The fourth-order valence-electron chi connectivity index (χ4n) is 6.32. The summed E-state index contributed by atoms with van der Waals surface area (Å²) in [6.07, 6.45) is 1.09. The van der Waals surface area contributed by atoms with E-state index in [0.29, 0.717) is 36.3 Å². The van der Waals surface area contributed by atoms with Crippen LogP contribution >= 0.6 is 28.1 Å². The molecule has 5 rings (SSSR count). The van der Waals surface area contributed by atoms with Crippen molar-refractivity contribution >= 4 is 45.1 Å². The van der Waals surface area contributed by atoms with Crippen molar-refractivity contribution in [2.24, 2.45) is 11.3 Å². The first kappa shape index (κ1) is 26.8. The number of nitrogens with zero attached hydrogens (tertiary/aromatic N) is 4. The molecular formula is C27H31BrN4O5S. The Balaban J connectivity index is 1.53. The first-order valence-electron chi connectivity index (χ1n) is 12.7. The molecule has 202 valence electrons. The zero-order valence-corrected chi connectivity index (χ0v) is 24.0. The molecule has 2 fully saturated rings. The van der Waals surface area contributed by atoms with E-state index in [0.717, 1.165) is 12.1 Å². The Bertz CT molecular complexity index is 1350. The molecule has 11 heteroatoms. The number of carbonyl (C=O) groups excluding carboxylic acids is 2. The number of phenols is 1. The highest BCUT2D eigenvalue weighted by Crippen LogP contribution is 2.42. The number of thiocarbonyl (C=S) groups is 1. The van der Waals surface area contributed by atoms with Crippen LogP contribution in [-0.2, 0) is 22.6 Å². The van der Waals surface area contributed by atoms with E-state index in [2.05, 4.69) is 20.8 Å². The summed E-state index contributed by atoms with van der Waals surface area (Å²) in [5.41, 5.74) is 0.282. The predicted octanol–water partition coefficient (Wildman–Crippen LogP) is 2.58. The molecule has 0 saturated carbocycles. The van der Waals surface area contributed by atoms with Crippen LogP contribution in [0.25, 0.3) is 0 Å². The lowest BCUT2D eigenvalue weighted by atomic mass is 9.75. The van der Waals surface area contributed by atoms with Gasteiger partial charge < -0.3 is 19.3 Å². The van der Waals surface area contributed by atoms with Gasteiger partial charge in [-0.25, -0.2) is 0 Å². The summed E-state index contributed by atoms with van der Waals surface area (Å²) in [5, 5.41) is 10.6. The minimum Gasteiger partial charge on any atom is -0.503 e. The quantitative estimate of drug-likeness (QED) is 0.401. The summed E-state index contributed by atoms with van der Waals surface area (Å²) >= 11 is 8.78. The van der Waals surface area contributed by atoms with E-state index in [1.54, 1.807) is 38.4 Å². The third kappa shape index (κ3) is 4.44. The number of ether oxygens (including phenoxy) is 1. The fourth-order valence-corrected chi connectivity index (χ4v) is 6.98. The Labute approximate surface area is 235 Å². The average Bonchev–Trinajstić information content (AvgIpc) is 2.89. The largest absolute Gasteiger partial charge is 0.503 e. The van der Waals surface area contributed by atoms with Gasteiger partial charge in [-0.1, -0.05) is 6.07 Å².